The first-order valence-corrected chi connectivity index (χ1v) is 9.15. The molecular weight excluding hydrogens is 290 g/mol. The van der Waals surface area contributed by atoms with Gasteiger partial charge in [-0.15, -0.1) is 0 Å². The minimum atomic E-state index is -0.453. The van der Waals surface area contributed by atoms with Gasteiger partial charge in [-0.05, 0) is 46.0 Å². The maximum absolute atomic E-state index is 11.8. The van der Waals surface area contributed by atoms with E-state index >= 15 is 0 Å². The third-order valence-corrected chi connectivity index (χ3v) is 4.26. The topological polar surface area (TPSA) is 67.6 Å². The summed E-state index contributed by atoms with van der Waals surface area (Å²) in [5.74, 6) is 0.628. The average Bonchev–Trinajstić information content (AvgIpc) is 2.93. The lowest BCUT2D eigenvalue weighted by Gasteiger charge is -2.37. The largest absolute Gasteiger partial charge is 0.444 e. The Balaban J connectivity index is 2.49. The van der Waals surface area contributed by atoms with E-state index in [4.69, 9.17) is 10.5 Å². The van der Waals surface area contributed by atoms with Crippen LogP contribution in [-0.4, -0.2) is 48.3 Å². The highest BCUT2D eigenvalue weighted by atomic mass is 16.6. The zero-order valence-electron chi connectivity index (χ0n) is 15.7. The van der Waals surface area contributed by atoms with Crippen molar-refractivity contribution in [1.82, 2.24) is 10.2 Å². The van der Waals surface area contributed by atoms with Gasteiger partial charge in [0, 0.05) is 31.7 Å². The van der Waals surface area contributed by atoms with Crippen molar-refractivity contribution in [3.05, 3.63) is 0 Å². The highest BCUT2D eigenvalue weighted by molar-refractivity contribution is 5.67. The third kappa shape index (κ3) is 8.02. The Morgan fingerprint density at radius 3 is 2.39 bits per heavy atom. The molecule has 0 aliphatic heterocycles. The van der Waals surface area contributed by atoms with Crippen molar-refractivity contribution in [3.8, 4) is 0 Å². The van der Waals surface area contributed by atoms with Gasteiger partial charge in [0.25, 0.3) is 0 Å². The fraction of sp³-hybridized carbons (Fsp3) is 0.944. The van der Waals surface area contributed by atoms with Crippen LogP contribution in [0.2, 0.25) is 0 Å². The van der Waals surface area contributed by atoms with Crippen LogP contribution in [-0.2, 0) is 4.74 Å². The van der Waals surface area contributed by atoms with Gasteiger partial charge < -0.3 is 15.8 Å². The number of hydrogen-bond acceptors (Lipinski definition) is 4. The van der Waals surface area contributed by atoms with Gasteiger partial charge in [0.1, 0.15) is 5.60 Å². The Morgan fingerprint density at radius 2 is 1.91 bits per heavy atom. The molecule has 3 N–H and O–H groups in total. The number of amides is 1. The zero-order chi connectivity index (χ0) is 17.5. The summed E-state index contributed by atoms with van der Waals surface area (Å²) in [6.45, 7) is 12.5. The van der Waals surface area contributed by atoms with Crippen LogP contribution >= 0.6 is 0 Å². The van der Waals surface area contributed by atoms with E-state index < -0.39 is 5.60 Å². The monoisotopic (exact) mass is 327 g/mol. The van der Waals surface area contributed by atoms with Gasteiger partial charge in [-0.3, -0.25) is 4.90 Å². The second-order valence-electron chi connectivity index (χ2n) is 8.14. The molecule has 1 rings (SSSR count). The summed E-state index contributed by atoms with van der Waals surface area (Å²) < 4.78 is 5.28. The van der Waals surface area contributed by atoms with Gasteiger partial charge in [-0.1, -0.05) is 26.7 Å². The molecule has 0 saturated heterocycles. The van der Waals surface area contributed by atoms with E-state index in [9.17, 15) is 4.79 Å². The van der Waals surface area contributed by atoms with Crippen LogP contribution in [0, 0.1) is 5.92 Å². The predicted molar refractivity (Wildman–Crippen MR) is 95.5 cm³/mol. The highest BCUT2D eigenvalue weighted by Crippen LogP contribution is 2.26. The molecule has 0 aromatic carbocycles. The van der Waals surface area contributed by atoms with Gasteiger partial charge in [-0.2, -0.15) is 0 Å². The van der Waals surface area contributed by atoms with E-state index in [-0.39, 0.29) is 6.09 Å². The van der Waals surface area contributed by atoms with E-state index in [1.807, 2.05) is 20.8 Å². The quantitative estimate of drug-likeness (QED) is 0.719. The zero-order valence-corrected chi connectivity index (χ0v) is 15.7. The van der Waals surface area contributed by atoms with Crippen molar-refractivity contribution in [2.75, 3.05) is 19.6 Å². The van der Waals surface area contributed by atoms with Crippen molar-refractivity contribution >= 4 is 6.09 Å². The van der Waals surface area contributed by atoms with Gasteiger partial charge >= 0.3 is 6.09 Å². The molecule has 23 heavy (non-hydrogen) atoms. The molecule has 1 fully saturated rings. The number of alkyl carbamates (subject to hydrolysis) is 1. The standard InChI is InChI=1S/C18H37N3O2/c1-14(2)13-21(15-8-6-7-9-15)16(12-19)10-11-20-17(22)23-18(3,4)5/h14-16H,6-13,19H2,1-5H3,(H,20,22). The molecule has 0 radical (unpaired) electrons. The van der Waals surface area contributed by atoms with Crippen LogP contribution in [0.1, 0.15) is 66.7 Å². The lowest BCUT2D eigenvalue weighted by atomic mass is 10.0. The number of nitrogens with one attached hydrogen (secondary N) is 1. The van der Waals surface area contributed by atoms with E-state index in [0.717, 1.165) is 13.0 Å². The summed E-state index contributed by atoms with van der Waals surface area (Å²) in [5.41, 5.74) is 5.60. The summed E-state index contributed by atoms with van der Waals surface area (Å²) in [7, 11) is 0. The van der Waals surface area contributed by atoms with Crippen LogP contribution in [0.5, 0.6) is 0 Å². The molecule has 1 amide bonds. The number of ether oxygens (including phenoxy) is 1. The Kier molecular flexibility index (Phi) is 8.34. The molecule has 1 aliphatic rings. The van der Waals surface area contributed by atoms with Crippen molar-refractivity contribution in [2.24, 2.45) is 11.7 Å². The van der Waals surface area contributed by atoms with E-state index in [0.29, 0.717) is 31.1 Å². The first-order chi connectivity index (χ1) is 10.7. The Morgan fingerprint density at radius 1 is 1.30 bits per heavy atom. The minimum absolute atomic E-state index is 0.329. The van der Waals surface area contributed by atoms with Crippen molar-refractivity contribution < 1.29 is 9.53 Å². The predicted octanol–water partition coefficient (Wildman–Crippen LogP) is 3.13. The van der Waals surface area contributed by atoms with Crippen molar-refractivity contribution in [3.63, 3.8) is 0 Å². The number of hydrogen-bond donors (Lipinski definition) is 2. The van der Waals surface area contributed by atoms with E-state index in [1.165, 1.54) is 25.7 Å². The Labute approximate surface area is 142 Å². The molecule has 0 heterocycles. The highest BCUT2D eigenvalue weighted by Gasteiger charge is 2.28. The lowest BCUT2D eigenvalue weighted by molar-refractivity contribution is 0.0516. The second kappa shape index (κ2) is 9.48. The maximum Gasteiger partial charge on any atom is 0.407 e. The van der Waals surface area contributed by atoms with Crippen LogP contribution in [0.3, 0.4) is 0 Å². The fourth-order valence-electron chi connectivity index (χ4n) is 3.33. The van der Waals surface area contributed by atoms with Crippen molar-refractivity contribution in [2.45, 2.75) is 84.4 Å². The number of carbonyl (C=O) groups excluding carboxylic acids is 1. The number of nitrogens with zero attached hydrogens (tertiary/aromatic N) is 1. The number of carbonyl (C=O) groups is 1. The second-order valence-corrected chi connectivity index (χ2v) is 8.14. The molecule has 1 atom stereocenters. The molecule has 0 aromatic rings. The van der Waals surface area contributed by atoms with Gasteiger partial charge in [-0.25, -0.2) is 4.79 Å². The average molecular weight is 328 g/mol. The Bertz CT molecular complexity index is 347. The Hall–Kier alpha value is -0.810. The molecular formula is C18H37N3O2. The number of nitrogens with two attached hydrogens (primary N) is 1. The third-order valence-electron chi connectivity index (χ3n) is 4.26. The molecule has 136 valence electrons. The summed E-state index contributed by atoms with van der Waals surface area (Å²) in [6.07, 6.45) is 5.74. The fourth-order valence-corrected chi connectivity index (χ4v) is 3.33. The summed E-state index contributed by atoms with van der Waals surface area (Å²) in [4.78, 5) is 14.3. The molecule has 5 nitrogen and oxygen atoms in total. The van der Waals surface area contributed by atoms with Crippen LogP contribution in [0.25, 0.3) is 0 Å². The smallest absolute Gasteiger partial charge is 0.407 e. The van der Waals surface area contributed by atoms with Crippen LogP contribution in [0.15, 0.2) is 0 Å². The van der Waals surface area contributed by atoms with Crippen LogP contribution in [0.4, 0.5) is 4.79 Å². The maximum atomic E-state index is 11.8. The molecule has 1 aliphatic carbocycles. The molecule has 1 saturated carbocycles. The van der Waals surface area contributed by atoms with Gasteiger partial charge in [0.2, 0.25) is 0 Å². The summed E-state index contributed by atoms with van der Waals surface area (Å²) >= 11 is 0. The molecule has 0 aromatic heterocycles. The van der Waals surface area contributed by atoms with Gasteiger partial charge in [0.15, 0.2) is 0 Å². The molecule has 1 unspecified atom stereocenters. The lowest BCUT2D eigenvalue weighted by Crippen LogP contribution is -2.49. The van der Waals surface area contributed by atoms with Gasteiger partial charge in [0.05, 0.1) is 0 Å². The molecule has 0 spiro atoms. The first kappa shape index (κ1) is 20.2. The molecule has 5 heteroatoms. The summed E-state index contributed by atoms with van der Waals surface area (Å²) in [6, 6.07) is 0.989. The van der Waals surface area contributed by atoms with E-state index in [2.05, 4.69) is 24.1 Å². The first-order valence-electron chi connectivity index (χ1n) is 9.15. The number of rotatable bonds is 8. The minimum Gasteiger partial charge on any atom is -0.444 e. The van der Waals surface area contributed by atoms with Crippen molar-refractivity contribution in [1.29, 1.82) is 0 Å². The van der Waals surface area contributed by atoms with E-state index in [1.54, 1.807) is 0 Å². The SMILES string of the molecule is CC(C)CN(C(CN)CCNC(=O)OC(C)(C)C)C1CCCC1. The summed E-state index contributed by atoms with van der Waals surface area (Å²) in [5, 5.41) is 2.86. The normalized spacial score (nSPS) is 17.7. The van der Waals surface area contributed by atoms with Crippen LogP contribution < -0.4 is 11.1 Å². The molecule has 0 bridgehead atoms.